The molecule has 4 aromatic rings. The number of hydrogen-bond acceptors (Lipinski definition) is 8. The van der Waals surface area contributed by atoms with Crippen LogP contribution in [0.15, 0.2) is 86.0 Å². The zero-order valence-electron chi connectivity index (χ0n) is 28.4. The van der Waals surface area contributed by atoms with Crippen LogP contribution in [0.3, 0.4) is 0 Å². The summed E-state index contributed by atoms with van der Waals surface area (Å²) in [5, 5.41) is 22.8. The fourth-order valence-corrected chi connectivity index (χ4v) is 6.36. The van der Waals surface area contributed by atoms with Crippen molar-refractivity contribution in [2.45, 2.75) is 76.0 Å². The van der Waals surface area contributed by atoms with Crippen LogP contribution in [0.1, 0.15) is 50.7 Å². The molecular weight excluding hydrogens is 652 g/mol. The molecule has 0 spiro atoms. The highest BCUT2D eigenvalue weighted by molar-refractivity contribution is 5.31. The van der Waals surface area contributed by atoms with Crippen molar-refractivity contribution < 1.29 is 27.4 Å². The molecule has 5 heterocycles. The minimum Gasteiger partial charge on any atom is -0.381 e. The summed E-state index contributed by atoms with van der Waals surface area (Å²) in [7, 11) is 0. The summed E-state index contributed by atoms with van der Waals surface area (Å²) >= 11 is 0. The molecule has 0 saturated carbocycles. The quantitative estimate of drug-likeness (QED) is 0.146. The van der Waals surface area contributed by atoms with E-state index >= 15 is 0 Å². The zero-order chi connectivity index (χ0) is 35.9. The molecule has 7 rings (SSSR count). The molecule has 3 aliphatic rings. The van der Waals surface area contributed by atoms with Gasteiger partial charge < -0.3 is 15.2 Å². The second-order valence-electron chi connectivity index (χ2n) is 13.0. The first kappa shape index (κ1) is 37.0. The number of nitrogens with one attached hydrogen (secondary N) is 1. The van der Waals surface area contributed by atoms with Gasteiger partial charge in [0, 0.05) is 42.4 Å². The van der Waals surface area contributed by atoms with Crippen LogP contribution in [0.2, 0.25) is 0 Å². The molecule has 0 radical (unpaired) electrons. The van der Waals surface area contributed by atoms with Gasteiger partial charge in [-0.3, -0.25) is 4.90 Å². The van der Waals surface area contributed by atoms with Crippen molar-refractivity contribution in [2.75, 3.05) is 26.2 Å². The van der Waals surface area contributed by atoms with E-state index in [1.54, 1.807) is 4.68 Å². The Kier molecular flexibility index (Phi) is 12.0. The second kappa shape index (κ2) is 16.2. The van der Waals surface area contributed by atoms with Crippen LogP contribution in [0, 0.1) is 23.3 Å². The lowest BCUT2D eigenvalue weighted by Crippen LogP contribution is -2.53. The van der Waals surface area contributed by atoms with Crippen LogP contribution in [-0.4, -0.2) is 77.9 Å². The number of rotatable bonds is 8. The maximum atomic E-state index is 14.5. The second-order valence-corrected chi connectivity index (χ2v) is 13.0. The summed E-state index contributed by atoms with van der Waals surface area (Å²) < 4.78 is 63.1. The van der Waals surface area contributed by atoms with Crippen LogP contribution in [-0.2, 0) is 29.0 Å². The molecule has 268 valence electrons. The SMILES string of the molecule is C=C1CCN([C@H](C)[C@](O)(Cn2cncn2)c2ccc(F)cc2F)CC1.C=C1CCNCC1.CC1O[C@@]1(Cn1cncn1)c1ccc(F)cc1F. The third-order valence-electron chi connectivity index (χ3n) is 9.56. The van der Waals surface area contributed by atoms with Gasteiger partial charge in [-0.2, -0.15) is 10.2 Å². The van der Waals surface area contributed by atoms with Crippen molar-refractivity contribution in [3.63, 3.8) is 0 Å². The molecule has 10 nitrogen and oxygen atoms in total. The molecule has 0 amide bonds. The number of halogens is 4. The molecule has 2 N–H and O–H groups in total. The topological polar surface area (TPSA) is 109 Å². The number of nitrogens with zero attached hydrogens (tertiary/aromatic N) is 7. The summed E-state index contributed by atoms with van der Waals surface area (Å²) in [4.78, 5) is 9.82. The number of benzene rings is 2. The summed E-state index contributed by atoms with van der Waals surface area (Å²) in [6.07, 6.45) is 9.68. The molecule has 1 unspecified atom stereocenters. The summed E-state index contributed by atoms with van der Waals surface area (Å²) in [5.41, 5.74) is 0.638. The third kappa shape index (κ3) is 8.91. The van der Waals surface area contributed by atoms with E-state index in [0.29, 0.717) is 12.1 Å². The van der Waals surface area contributed by atoms with Gasteiger partial charge >= 0.3 is 0 Å². The number of piperidine rings is 2. The van der Waals surface area contributed by atoms with Gasteiger partial charge in [-0.05, 0) is 64.8 Å². The molecule has 0 bridgehead atoms. The first-order chi connectivity index (χ1) is 23.9. The Balaban J connectivity index is 0.000000168. The fourth-order valence-electron chi connectivity index (χ4n) is 6.36. The number of aromatic nitrogens is 6. The fraction of sp³-hybridized carbons (Fsp3) is 0.444. The monoisotopic (exact) mass is 696 g/mol. The average Bonchev–Trinajstić information content (AvgIpc) is 3.45. The van der Waals surface area contributed by atoms with E-state index in [2.05, 4.69) is 43.5 Å². The molecule has 0 aliphatic carbocycles. The molecule has 3 aliphatic heterocycles. The number of aliphatic hydroxyl groups is 1. The van der Waals surface area contributed by atoms with Crippen LogP contribution in [0.25, 0.3) is 0 Å². The van der Waals surface area contributed by atoms with E-state index in [1.165, 1.54) is 72.2 Å². The highest BCUT2D eigenvalue weighted by Crippen LogP contribution is 2.48. The first-order valence-corrected chi connectivity index (χ1v) is 16.7. The van der Waals surface area contributed by atoms with E-state index in [4.69, 9.17) is 4.74 Å². The van der Waals surface area contributed by atoms with Gasteiger partial charge in [-0.25, -0.2) is 36.9 Å². The Morgan fingerprint density at radius 2 is 1.46 bits per heavy atom. The van der Waals surface area contributed by atoms with Gasteiger partial charge in [0.1, 0.15) is 59.8 Å². The average molecular weight is 697 g/mol. The zero-order valence-corrected chi connectivity index (χ0v) is 28.4. The van der Waals surface area contributed by atoms with Crippen molar-refractivity contribution in [1.29, 1.82) is 0 Å². The van der Waals surface area contributed by atoms with Crippen molar-refractivity contribution in [3.8, 4) is 0 Å². The highest BCUT2D eigenvalue weighted by Gasteiger charge is 2.56. The number of epoxide rings is 1. The van der Waals surface area contributed by atoms with Crippen molar-refractivity contribution in [1.82, 2.24) is 39.7 Å². The van der Waals surface area contributed by atoms with Crippen LogP contribution in [0.4, 0.5) is 17.6 Å². The number of ether oxygens (including phenoxy) is 1. The smallest absolute Gasteiger partial charge is 0.142 e. The standard InChI is InChI=1S/C18H22F2N4O.C12H11F2N3O.C6H11N/c1-13-5-7-23(8-6-13)14(2)18(25,10-24-12-21-11-22-24)16-4-3-15(19)9-17(16)20;1-8-12(18-8,5-17-7-15-6-16-17)10-3-2-9(13)4-11(10)14;1-6-2-4-7-5-3-6/h3-4,9,11-12,14,25H,1,5-8,10H2,2H3;2-4,6-8H,5H2,1H3;7H,1-5H2/t14-,18-;8?,12-;/m11./s1. The third-order valence-corrected chi connectivity index (χ3v) is 9.56. The summed E-state index contributed by atoms with van der Waals surface area (Å²) in [6.45, 7) is 15.7. The van der Waals surface area contributed by atoms with Crippen molar-refractivity contribution in [3.05, 3.63) is 120 Å². The van der Waals surface area contributed by atoms with Gasteiger partial charge in [0.2, 0.25) is 0 Å². The largest absolute Gasteiger partial charge is 0.381 e. The maximum Gasteiger partial charge on any atom is 0.142 e. The molecular formula is C36H44F4N8O2. The lowest BCUT2D eigenvalue weighted by molar-refractivity contribution is -0.0657. The lowest BCUT2D eigenvalue weighted by Gasteiger charge is -2.43. The normalized spacial score (nSPS) is 22.4. The van der Waals surface area contributed by atoms with E-state index < -0.39 is 40.5 Å². The van der Waals surface area contributed by atoms with Crippen LogP contribution >= 0.6 is 0 Å². The predicted molar refractivity (Wildman–Crippen MR) is 180 cm³/mol. The Bertz CT molecular complexity index is 1720. The van der Waals surface area contributed by atoms with Gasteiger partial charge in [0.25, 0.3) is 0 Å². The minimum atomic E-state index is -1.58. The van der Waals surface area contributed by atoms with Gasteiger partial charge in [-0.1, -0.05) is 36.4 Å². The first-order valence-electron chi connectivity index (χ1n) is 16.7. The highest BCUT2D eigenvalue weighted by atomic mass is 19.1. The molecule has 50 heavy (non-hydrogen) atoms. The van der Waals surface area contributed by atoms with E-state index in [1.807, 2.05) is 13.8 Å². The Morgan fingerprint density at radius 1 is 0.900 bits per heavy atom. The summed E-state index contributed by atoms with van der Waals surface area (Å²) in [6, 6.07) is 6.39. The van der Waals surface area contributed by atoms with E-state index in [9.17, 15) is 22.7 Å². The maximum absolute atomic E-state index is 14.5. The summed E-state index contributed by atoms with van der Waals surface area (Å²) in [5.74, 6) is -2.64. The van der Waals surface area contributed by atoms with Gasteiger partial charge in [-0.15, -0.1) is 0 Å². The molecule has 2 aromatic heterocycles. The van der Waals surface area contributed by atoms with Crippen LogP contribution < -0.4 is 5.32 Å². The number of likely N-dealkylation sites (tertiary alicyclic amines) is 1. The molecule has 3 saturated heterocycles. The predicted octanol–water partition coefficient (Wildman–Crippen LogP) is 5.28. The Labute approximate surface area is 289 Å². The van der Waals surface area contributed by atoms with Gasteiger partial charge in [0.15, 0.2) is 0 Å². The Hall–Kier alpha value is -4.24. The molecule has 4 atom stereocenters. The van der Waals surface area contributed by atoms with E-state index in [0.717, 1.165) is 57.2 Å². The molecule has 2 aromatic carbocycles. The minimum absolute atomic E-state index is 0.0220. The van der Waals surface area contributed by atoms with Gasteiger partial charge in [0.05, 0.1) is 19.2 Å². The number of hydrogen-bond donors (Lipinski definition) is 2. The molecule has 3 fully saturated rings. The Morgan fingerprint density at radius 3 is 1.96 bits per heavy atom. The molecule has 14 heteroatoms. The van der Waals surface area contributed by atoms with Crippen molar-refractivity contribution >= 4 is 0 Å². The van der Waals surface area contributed by atoms with Crippen LogP contribution in [0.5, 0.6) is 0 Å². The van der Waals surface area contributed by atoms with E-state index in [-0.39, 0.29) is 18.2 Å². The van der Waals surface area contributed by atoms with Crippen molar-refractivity contribution in [2.24, 2.45) is 0 Å². The lowest BCUT2D eigenvalue weighted by atomic mass is 9.84.